The van der Waals surface area contributed by atoms with Crippen molar-refractivity contribution in [1.82, 2.24) is 19.7 Å². The molecule has 10 heteroatoms. The van der Waals surface area contributed by atoms with Gasteiger partial charge in [0.1, 0.15) is 30.3 Å². The van der Waals surface area contributed by atoms with Gasteiger partial charge >= 0.3 is 6.18 Å². The maximum absolute atomic E-state index is 12.2. The molecule has 0 spiro atoms. The van der Waals surface area contributed by atoms with E-state index in [2.05, 4.69) is 15.1 Å². The summed E-state index contributed by atoms with van der Waals surface area (Å²) >= 11 is 0. The molecule has 0 bridgehead atoms. The second kappa shape index (κ2) is 5.04. The largest absolute Gasteiger partial charge is 0.405 e. The number of nitrogens with zero attached hydrogens (tertiary/aromatic N) is 5. The van der Waals surface area contributed by atoms with Gasteiger partial charge in [-0.3, -0.25) is 0 Å². The first kappa shape index (κ1) is 13.6. The molecule has 0 aliphatic heterocycles. The number of aromatic nitrogens is 4. The second-order valence-corrected chi connectivity index (χ2v) is 3.67. The molecular formula is C10H8F3N7. The van der Waals surface area contributed by atoms with Gasteiger partial charge in [-0.25, -0.2) is 9.97 Å². The summed E-state index contributed by atoms with van der Waals surface area (Å²) in [6.45, 7) is -1.32. The maximum atomic E-state index is 12.2. The first-order valence-electron chi connectivity index (χ1n) is 5.28. The quantitative estimate of drug-likeness (QED) is 0.873. The summed E-state index contributed by atoms with van der Waals surface area (Å²) in [7, 11) is 0. The number of rotatable bonds is 3. The minimum Gasteiger partial charge on any atom is -0.382 e. The Morgan fingerprint density at radius 1 is 1.45 bits per heavy atom. The van der Waals surface area contributed by atoms with Crippen molar-refractivity contribution in [3.8, 4) is 11.9 Å². The van der Waals surface area contributed by atoms with Crippen LogP contribution in [0.4, 0.5) is 24.8 Å². The average molecular weight is 283 g/mol. The van der Waals surface area contributed by atoms with E-state index in [-0.39, 0.29) is 23.0 Å². The van der Waals surface area contributed by atoms with Crippen molar-refractivity contribution < 1.29 is 13.2 Å². The van der Waals surface area contributed by atoms with Gasteiger partial charge in [0.25, 0.3) is 0 Å². The highest BCUT2D eigenvalue weighted by molar-refractivity contribution is 5.65. The SMILES string of the molecule is N#Cc1c(NCC(F)(F)F)nn(-c2ccncn2)c1N. The average Bonchev–Trinajstić information content (AvgIpc) is 2.73. The molecule has 0 aliphatic rings. The van der Waals surface area contributed by atoms with Crippen molar-refractivity contribution in [1.29, 1.82) is 5.26 Å². The third-order valence-corrected chi connectivity index (χ3v) is 2.27. The normalized spacial score (nSPS) is 11.1. The van der Waals surface area contributed by atoms with Gasteiger partial charge in [-0.15, -0.1) is 5.10 Å². The third kappa shape index (κ3) is 2.77. The predicted octanol–water partition coefficient (Wildman–Crippen LogP) is 1.09. The van der Waals surface area contributed by atoms with Gasteiger partial charge in [0.05, 0.1) is 0 Å². The molecule has 0 aliphatic carbocycles. The maximum Gasteiger partial charge on any atom is 0.405 e. The van der Waals surface area contributed by atoms with E-state index in [4.69, 9.17) is 11.0 Å². The van der Waals surface area contributed by atoms with Gasteiger partial charge in [-0.1, -0.05) is 0 Å². The van der Waals surface area contributed by atoms with Gasteiger partial charge in [0, 0.05) is 12.3 Å². The van der Waals surface area contributed by atoms with Crippen molar-refractivity contribution >= 4 is 11.6 Å². The molecule has 0 radical (unpaired) electrons. The number of nitrogens with two attached hydrogens (primary N) is 1. The Labute approximate surface area is 110 Å². The van der Waals surface area contributed by atoms with Crippen LogP contribution < -0.4 is 11.1 Å². The summed E-state index contributed by atoms with van der Waals surface area (Å²) < 4.78 is 37.6. The standard InChI is InChI=1S/C10H8F3N7/c11-10(12,13)4-17-9-6(3-14)8(15)20(19-9)7-1-2-16-5-18-7/h1-2,5H,4,15H2,(H,17,19). The summed E-state index contributed by atoms with van der Waals surface area (Å²) in [5.41, 5.74) is 5.51. The summed E-state index contributed by atoms with van der Waals surface area (Å²) in [5.74, 6) is -0.106. The van der Waals surface area contributed by atoms with Crippen LogP contribution in [0.1, 0.15) is 5.56 Å². The number of nitrogen functional groups attached to an aromatic ring is 1. The Balaban J connectivity index is 2.38. The first-order valence-corrected chi connectivity index (χ1v) is 5.28. The Morgan fingerprint density at radius 3 is 2.75 bits per heavy atom. The predicted molar refractivity (Wildman–Crippen MR) is 62.8 cm³/mol. The number of nitriles is 1. The summed E-state index contributed by atoms with van der Waals surface area (Å²) in [6.07, 6.45) is -1.79. The monoisotopic (exact) mass is 283 g/mol. The van der Waals surface area contributed by atoms with Crippen molar-refractivity contribution in [2.24, 2.45) is 0 Å². The minimum atomic E-state index is -4.43. The van der Waals surface area contributed by atoms with E-state index in [1.165, 1.54) is 18.6 Å². The Bertz CT molecular complexity index is 641. The molecule has 3 N–H and O–H groups in total. The molecular weight excluding hydrogens is 275 g/mol. The molecule has 2 aromatic rings. The molecule has 104 valence electrons. The Morgan fingerprint density at radius 2 is 2.20 bits per heavy atom. The highest BCUT2D eigenvalue weighted by atomic mass is 19.4. The zero-order chi connectivity index (χ0) is 14.8. The molecule has 2 rings (SSSR count). The van der Waals surface area contributed by atoms with Crippen molar-refractivity contribution in [2.75, 3.05) is 17.6 Å². The fourth-order valence-electron chi connectivity index (χ4n) is 1.43. The van der Waals surface area contributed by atoms with Gasteiger partial charge in [-0.05, 0) is 0 Å². The molecule has 7 nitrogen and oxygen atoms in total. The highest BCUT2D eigenvalue weighted by Gasteiger charge is 2.28. The van der Waals surface area contributed by atoms with Gasteiger partial charge in [-0.2, -0.15) is 23.1 Å². The lowest BCUT2D eigenvalue weighted by Crippen LogP contribution is -2.22. The lowest BCUT2D eigenvalue weighted by Gasteiger charge is -2.06. The van der Waals surface area contributed by atoms with Gasteiger partial charge < -0.3 is 11.1 Å². The first-order chi connectivity index (χ1) is 9.42. The lowest BCUT2D eigenvalue weighted by molar-refractivity contribution is -0.115. The lowest BCUT2D eigenvalue weighted by atomic mass is 10.3. The number of hydrogen-bond donors (Lipinski definition) is 2. The van der Waals surface area contributed by atoms with Crippen LogP contribution in [0.5, 0.6) is 0 Å². The van der Waals surface area contributed by atoms with E-state index in [9.17, 15) is 13.2 Å². The zero-order valence-corrected chi connectivity index (χ0v) is 9.89. The van der Waals surface area contributed by atoms with E-state index in [0.29, 0.717) is 0 Å². The number of alkyl halides is 3. The molecule has 2 heterocycles. The van der Waals surface area contributed by atoms with Gasteiger partial charge in [0.2, 0.25) is 0 Å². The van der Waals surface area contributed by atoms with Crippen LogP contribution in [-0.4, -0.2) is 32.5 Å². The van der Waals surface area contributed by atoms with Crippen LogP contribution >= 0.6 is 0 Å². The van der Waals surface area contributed by atoms with Crippen LogP contribution in [0.15, 0.2) is 18.6 Å². The van der Waals surface area contributed by atoms with Crippen LogP contribution in [-0.2, 0) is 0 Å². The van der Waals surface area contributed by atoms with E-state index in [1.807, 2.05) is 5.32 Å². The molecule has 0 amide bonds. The van der Waals surface area contributed by atoms with E-state index in [1.54, 1.807) is 6.07 Å². The zero-order valence-electron chi connectivity index (χ0n) is 9.89. The molecule has 0 saturated heterocycles. The fraction of sp³-hybridized carbons (Fsp3) is 0.200. The number of halogens is 3. The van der Waals surface area contributed by atoms with E-state index < -0.39 is 12.7 Å². The smallest absolute Gasteiger partial charge is 0.382 e. The van der Waals surface area contributed by atoms with E-state index >= 15 is 0 Å². The molecule has 0 unspecified atom stereocenters. The van der Waals surface area contributed by atoms with Crippen molar-refractivity contribution in [3.05, 3.63) is 24.2 Å². The topological polar surface area (TPSA) is 105 Å². The number of anilines is 2. The third-order valence-electron chi connectivity index (χ3n) is 2.27. The molecule has 2 aromatic heterocycles. The summed E-state index contributed by atoms with van der Waals surface area (Å²) in [6, 6.07) is 3.17. The minimum absolute atomic E-state index is 0.101. The Hall–Kier alpha value is -2.83. The number of nitrogens with one attached hydrogen (secondary N) is 1. The summed E-state index contributed by atoms with van der Waals surface area (Å²) in [5, 5.41) is 14.8. The second-order valence-electron chi connectivity index (χ2n) is 3.67. The molecule has 0 aromatic carbocycles. The van der Waals surface area contributed by atoms with Gasteiger partial charge in [0.15, 0.2) is 11.6 Å². The highest BCUT2D eigenvalue weighted by Crippen LogP contribution is 2.24. The molecule has 20 heavy (non-hydrogen) atoms. The van der Waals surface area contributed by atoms with Crippen LogP contribution in [0.3, 0.4) is 0 Å². The Kier molecular flexibility index (Phi) is 3.43. The van der Waals surface area contributed by atoms with Crippen molar-refractivity contribution in [3.63, 3.8) is 0 Å². The molecule has 0 fully saturated rings. The molecule has 0 atom stereocenters. The van der Waals surface area contributed by atoms with Crippen LogP contribution in [0.2, 0.25) is 0 Å². The number of hydrogen-bond acceptors (Lipinski definition) is 6. The fourth-order valence-corrected chi connectivity index (χ4v) is 1.43. The van der Waals surface area contributed by atoms with E-state index in [0.717, 1.165) is 4.68 Å². The molecule has 0 saturated carbocycles. The van der Waals surface area contributed by atoms with Crippen molar-refractivity contribution in [2.45, 2.75) is 6.18 Å². The van der Waals surface area contributed by atoms with Crippen LogP contribution in [0.25, 0.3) is 5.82 Å². The van der Waals surface area contributed by atoms with Crippen LogP contribution in [0, 0.1) is 11.3 Å². The summed E-state index contributed by atoms with van der Waals surface area (Å²) in [4.78, 5) is 7.55.